The number of anilines is 1. The normalized spacial score (nSPS) is 15.8. The number of halogens is 1. The van der Waals surface area contributed by atoms with E-state index < -0.39 is 6.04 Å². The molecule has 0 aliphatic carbocycles. The number of benzene rings is 3. The molecular weight excluding hydrogens is 459 g/mol. The van der Waals surface area contributed by atoms with Crippen LogP contribution in [0, 0.1) is 19.7 Å². The molecule has 2 amide bonds. The number of carbonyl (C=O) groups excluding carboxylic acids is 1. The molecule has 4 aromatic rings. The van der Waals surface area contributed by atoms with E-state index in [1.165, 1.54) is 12.1 Å². The molecule has 5 rings (SSSR count). The van der Waals surface area contributed by atoms with Gasteiger partial charge in [0.05, 0.1) is 24.4 Å². The van der Waals surface area contributed by atoms with Crippen molar-refractivity contribution < 1.29 is 18.4 Å². The van der Waals surface area contributed by atoms with E-state index >= 15 is 0 Å². The fourth-order valence-corrected chi connectivity index (χ4v) is 4.31. The molecule has 3 aromatic carbocycles. The first-order valence-corrected chi connectivity index (χ1v) is 11.5. The van der Waals surface area contributed by atoms with Crippen molar-refractivity contribution in [2.75, 3.05) is 12.0 Å². The van der Waals surface area contributed by atoms with Crippen molar-refractivity contribution in [1.29, 1.82) is 0 Å². The molecular formula is C28H25FN4O3. The molecule has 7 nitrogen and oxygen atoms in total. The molecule has 1 aromatic heterocycles. The summed E-state index contributed by atoms with van der Waals surface area (Å²) in [5.41, 5.74) is 5.59. The molecule has 36 heavy (non-hydrogen) atoms. The second kappa shape index (κ2) is 9.30. The van der Waals surface area contributed by atoms with Gasteiger partial charge in [0.1, 0.15) is 11.6 Å². The van der Waals surface area contributed by atoms with Crippen LogP contribution in [0.25, 0.3) is 17.0 Å². The van der Waals surface area contributed by atoms with Gasteiger partial charge < -0.3 is 14.6 Å². The van der Waals surface area contributed by atoms with E-state index in [-0.39, 0.29) is 17.7 Å². The molecule has 0 saturated heterocycles. The topological polar surface area (TPSA) is 80.5 Å². The van der Waals surface area contributed by atoms with Crippen LogP contribution in [0.2, 0.25) is 0 Å². The van der Waals surface area contributed by atoms with Gasteiger partial charge in [0.2, 0.25) is 5.82 Å². The number of hydrogen-bond acceptors (Lipinski definition) is 5. The number of urea groups is 1. The highest BCUT2D eigenvalue weighted by Gasteiger charge is 2.36. The first kappa shape index (κ1) is 23.3. The van der Waals surface area contributed by atoms with Gasteiger partial charge in [-0.25, -0.2) is 9.18 Å². The Kier molecular flexibility index (Phi) is 6.01. The quantitative estimate of drug-likeness (QED) is 0.365. The average Bonchev–Trinajstić information content (AvgIpc) is 3.36. The molecule has 0 bridgehead atoms. The monoisotopic (exact) mass is 484 g/mol. The van der Waals surface area contributed by atoms with Crippen molar-refractivity contribution in [2.24, 2.45) is 0 Å². The van der Waals surface area contributed by atoms with Gasteiger partial charge in [-0.15, -0.1) is 0 Å². The number of carbonyl (C=O) groups is 1. The Balaban J connectivity index is 1.65. The van der Waals surface area contributed by atoms with Crippen LogP contribution >= 0.6 is 0 Å². The number of hydrogen-bond donors (Lipinski definition) is 1. The molecule has 0 radical (unpaired) electrons. The molecule has 182 valence electrons. The molecule has 1 N–H and O–H groups in total. The zero-order chi connectivity index (χ0) is 25.4. The molecule has 1 atom stereocenters. The minimum Gasteiger partial charge on any atom is -0.497 e. The number of aromatic nitrogens is 2. The number of methoxy groups -OCH3 is 1. The molecule has 2 heterocycles. The number of amides is 2. The average molecular weight is 485 g/mol. The number of ether oxygens (including phenoxy) is 1. The Hall–Kier alpha value is -4.46. The lowest BCUT2D eigenvalue weighted by molar-refractivity contribution is 0.244. The number of nitrogens with one attached hydrogen (secondary N) is 1. The lowest BCUT2D eigenvalue weighted by Gasteiger charge is -2.35. The highest BCUT2D eigenvalue weighted by Crippen LogP contribution is 2.39. The van der Waals surface area contributed by atoms with Crippen molar-refractivity contribution in [3.8, 4) is 17.1 Å². The number of rotatable bonds is 5. The van der Waals surface area contributed by atoms with Gasteiger partial charge in [-0.1, -0.05) is 35.5 Å². The third-order valence-corrected chi connectivity index (χ3v) is 6.42. The van der Waals surface area contributed by atoms with E-state index in [2.05, 4.69) is 15.5 Å². The van der Waals surface area contributed by atoms with Crippen molar-refractivity contribution in [2.45, 2.75) is 26.8 Å². The molecule has 0 fully saturated rings. The summed E-state index contributed by atoms with van der Waals surface area (Å²) in [6, 6.07) is 18.3. The Bertz CT molecular complexity index is 1480. The Labute approximate surface area is 208 Å². The summed E-state index contributed by atoms with van der Waals surface area (Å²) in [5, 5.41) is 7.23. The van der Waals surface area contributed by atoms with Gasteiger partial charge in [0, 0.05) is 11.3 Å². The van der Waals surface area contributed by atoms with E-state index in [1.807, 2.05) is 63.2 Å². The number of allylic oxidation sites excluding steroid dienone is 1. The van der Waals surface area contributed by atoms with Crippen molar-refractivity contribution in [3.05, 3.63) is 101 Å². The van der Waals surface area contributed by atoms with Crippen LogP contribution in [-0.4, -0.2) is 23.3 Å². The number of aryl methyl sites for hydroxylation is 2. The lowest BCUT2D eigenvalue weighted by atomic mass is 9.94. The van der Waals surface area contributed by atoms with Gasteiger partial charge in [-0.2, -0.15) is 4.98 Å². The van der Waals surface area contributed by atoms with Crippen molar-refractivity contribution in [3.63, 3.8) is 0 Å². The third-order valence-electron chi connectivity index (χ3n) is 6.42. The van der Waals surface area contributed by atoms with Crippen LogP contribution in [0.3, 0.4) is 0 Å². The fourth-order valence-electron chi connectivity index (χ4n) is 4.31. The van der Waals surface area contributed by atoms with Crippen LogP contribution in [0.4, 0.5) is 14.9 Å². The highest BCUT2D eigenvalue weighted by atomic mass is 19.1. The lowest BCUT2D eigenvalue weighted by Crippen LogP contribution is -2.46. The molecule has 0 spiro atoms. The van der Waals surface area contributed by atoms with Crippen LogP contribution in [-0.2, 0) is 0 Å². The third kappa shape index (κ3) is 4.22. The molecule has 0 saturated carbocycles. The van der Waals surface area contributed by atoms with Crippen molar-refractivity contribution in [1.82, 2.24) is 15.5 Å². The van der Waals surface area contributed by atoms with Crippen LogP contribution in [0.1, 0.15) is 35.5 Å². The van der Waals surface area contributed by atoms with E-state index in [4.69, 9.17) is 9.26 Å². The van der Waals surface area contributed by atoms with E-state index in [0.717, 1.165) is 22.4 Å². The van der Waals surface area contributed by atoms with Crippen LogP contribution in [0.15, 0.2) is 77.0 Å². The minimum absolute atomic E-state index is 0.258. The summed E-state index contributed by atoms with van der Waals surface area (Å²) in [6.07, 6.45) is 0. The van der Waals surface area contributed by atoms with Crippen molar-refractivity contribution >= 4 is 17.3 Å². The maximum absolute atomic E-state index is 13.7. The van der Waals surface area contributed by atoms with Crippen LogP contribution < -0.4 is 15.0 Å². The van der Waals surface area contributed by atoms with Crippen LogP contribution in [0.5, 0.6) is 5.75 Å². The zero-order valence-electron chi connectivity index (χ0n) is 20.4. The van der Waals surface area contributed by atoms with Gasteiger partial charge in [0.25, 0.3) is 5.89 Å². The predicted molar refractivity (Wildman–Crippen MR) is 135 cm³/mol. The summed E-state index contributed by atoms with van der Waals surface area (Å²) in [6.45, 7) is 5.86. The summed E-state index contributed by atoms with van der Waals surface area (Å²) in [4.78, 5) is 19.6. The first-order valence-electron chi connectivity index (χ1n) is 11.5. The van der Waals surface area contributed by atoms with Gasteiger partial charge >= 0.3 is 6.03 Å². The molecule has 8 heteroatoms. The Morgan fingerprint density at radius 2 is 1.78 bits per heavy atom. The fraction of sp³-hybridized carbons (Fsp3) is 0.179. The number of nitrogens with zero attached hydrogens (tertiary/aromatic N) is 3. The maximum atomic E-state index is 13.7. The summed E-state index contributed by atoms with van der Waals surface area (Å²) >= 11 is 0. The summed E-state index contributed by atoms with van der Waals surface area (Å²) in [7, 11) is 1.59. The maximum Gasteiger partial charge on any atom is 0.326 e. The second-order valence-electron chi connectivity index (χ2n) is 8.69. The van der Waals surface area contributed by atoms with Gasteiger partial charge in [-0.05, 0) is 73.9 Å². The Morgan fingerprint density at radius 3 is 2.50 bits per heavy atom. The largest absolute Gasteiger partial charge is 0.497 e. The zero-order valence-corrected chi connectivity index (χ0v) is 20.4. The van der Waals surface area contributed by atoms with E-state index in [1.54, 1.807) is 24.1 Å². The molecule has 1 aliphatic rings. The Morgan fingerprint density at radius 1 is 1.00 bits per heavy atom. The van der Waals surface area contributed by atoms with E-state index in [9.17, 15) is 9.18 Å². The summed E-state index contributed by atoms with van der Waals surface area (Å²) in [5.74, 6) is 0.951. The molecule has 1 aliphatic heterocycles. The predicted octanol–water partition coefficient (Wildman–Crippen LogP) is 6.20. The van der Waals surface area contributed by atoms with Gasteiger partial charge in [0.15, 0.2) is 0 Å². The first-order chi connectivity index (χ1) is 17.4. The molecule has 1 unspecified atom stereocenters. The van der Waals surface area contributed by atoms with Gasteiger partial charge in [-0.3, -0.25) is 4.90 Å². The standard InChI is InChI=1S/C28H25FN4O3/c1-16-8-13-22(14-17(16)2)33-18(3)24(25(30-28(33)34)19-9-11-21(29)12-10-19)27-31-26(32-36-27)20-6-5-7-23(15-20)35-4/h5-15,25H,1-4H3,(H,30,34). The highest BCUT2D eigenvalue weighted by molar-refractivity contribution is 6.01. The smallest absolute Gasteiger partial charge is 0.326 e. The van der Waals surface area contributed by atoms with E-state index in [0.29, 0.717) is 28.4 Å². The SMILES string of the molecule is COc1cccc(-c2noc(C3=C(C)N(c4ccc(C)c(C)c4)C(=O)NC3c3ccc(F)cc3)n2)c1. The second-order valence-corrected chi connectivity index (χ2v) is 8.69. The summed E-state index contributed by atoms with van der Waals surface area (Å²) < 4.78 is 24.7. The minimum atomic E-state index is -0.612.